The monoisotopic (exact) mass is 325 g/mol. The second-order valence-electron chi connectivity index (χ2n) is 4.47. The third-order valence-corrected chi connectivity index (χ3v) is 3.87. The van der Waals surface area contributed by atoms with Crippen molar-refractivity contribution in [3.63, 3.8) is 0 Å². The minimum absolute atomic E-state index is 0.450. The van der Waals surface area contributed by atoms with Gasteiger partial charge in [0.05, 0.1) is 35.1 Å². The predicted molar refractivity (Wildman–Crippen MR) is 82.6 cm³/mol. The Hall–Kier alpha value is -1.63. The Bertz CT molecular complexity index is 634. The molecule has 2 heterocycles. The van der Waals surface area contributed by atoms with Crippen LogP contribution in [0.1, 0.15) is 0 Å². The highest BCUT2D eigenvalue weighted by Crippen LogP contribution is 2.31. The van der Waals surface area contributed by atoms with Gasteiger partial charge in [-0.2, -0.15) is 10.1 Å². The molecule has 1 aliphatic rings. The van der Waals surface area contributed by atoms with Crippen molar-refractivity contribution >= 4 is 40.7 Å². The highest BCUT2D eigenvalue weighted by atomic mass is 35.5. The molecule has 0 spiro atoms. The molecule has 0 amide bonds. The standard InChI is InChI=1S/C13H13Cl2N5O/c14-9-2-1-3-10(12(9)15)17-11-8-16-19-13(18-11)20-4-6-21-7-5-20/h1-3,8H,4-7H2,(H,17,18,19). The first-order chi connectivity index (χ1) is 10.2. The lowest BCUT2D eigenvalue weighted by Gasteiger charge is -2.26. The molecule has 110 valence electrons. The minimum Gasteiger partial charge on any atom is -0.378 e. The van der Waals surface area contributed by atoms with Crippen molar-refractivity contribution in [3.8, 4) is 0 Å². The van der Waals surface area contributed by atoms with Crippen molar-refractivity contribution < 1.29 is 4.74 Å². The lowest BCUT2D eigenvalue weighted by atomic mass is 10.3. The quantitative estimate of drug-likeness (QED) is 0.936. The van der Waals surface area contributed by atoms with Crippen molar-refractivity contribution in [1.82, 2.24) is 15.2 Å². The van der Waals surface area contributed by atoms with Gasteiger partial charge in [0.15, 0.2) is 5.82 Å². The zero-order valence-electron chi connectivity index (χ0n) is 11.1. The third-order valence-electron chi connectivity index (χ3n) is 3.06. The van der Waals surface area contributed by atoms with Gasteiger partial charge >= 0.3 is 0 Å². The lowest BCUT2D eigenvalue weighted by molar-refractivity contribution is 0.122. The Morgan fingerprint density at radius 1 is 1.19 bits per heavy atom. The maximum absolute atomic E-state index is 6.15. The number of ether oxygens (including phenoxy) is 1. The van der Waals surface area contributed by atoms with E-state index in [9.17, 15) is 0 Å². The molecule has 1 aromatic carbocycles. The first-order valence-corrected chi connectivity index (χ1v) is 7.23. The number of nitrogens with one attached hydrogen (secondary N) is 1. The van der Waals surface area contributed by atoms with Crippen LogP contribution in [0.2, 0.25) is 10.0 Å². The van der Waals surface area contributed by atoms with E-state index in [1.807, 2.05) is 17.0 Å². The summed E-state index contributed by atoms with van der Waals surface area (Å²) in [4.78, 5) is 6.48. The van der Waals surface area contributed by atoms with Crippen LogP contribution in [0.4, 0.5) is 17.5 Å². The smallest absolute Gasteiger partial charge is 0.247 e. The van der Waals surface area contributed by atoms with E-state index >= 15 is 0 Å². The summed E-state index contributed by atoms with van der Waals surface area (Å²) in [5, 5.41) is 12.1. The molecule has 0 saturated carbocycles. The number of nitrogens with zero attached hydrogens (tertiary/aromatic N) is 4. The van der Waals surface area contributed by atoms with Crippen molar-refractivity contribution in [2.24, 2.45) is 0 Å². The molecule has 0 atom stereocenters. The molecular weight excluding hydrogens is 313 g/mol. The first kappa shape index (κ1) is 14.3. The van der Waals surface area contributed by atoms with E-state index in [0.29, 0.717) is 40.7 Å². The number of hydrogen-bond donors (Lipinski definition) is 1. The molecule has 2 aromatic rings. The van der Waals surface area contributed by atoms with Gasteiger partial charge in [-0.15, -0.1) is 5.10 Å². The lowest BCUT2D eigenvalue weighted by Crippen LogP contribution is -2.37. The normalized spacial score (nSPS) is 15.0. The molecule has 1 N–H and O–H groups in total. The summed E-state index contributed by atoms with van der Waals surface area (Å²) < 4.78 is 5.31. The van der Waals surface area contributed by atoms with Crippen LogP contribution in [0, 0.1) is 0 Å². The first-order valence-electron chi connectivity index (χ1n) is 6.47. The van der Waals surface area contributed by atoms with Crippen LogP contribution >= 0.6 is 23.2 Å². The second kappa shape index (κ2) is 6.43. The average Bonchev–Trinajstić information content (AvgIpc) is 2.53. The van der Waals surface area contributed by atoms with Crippen LogP contribution in [0.15, 0.2) is 24.4 Å². The summed E-state index contributed by atoms with van der Waals surface area (Å²) in [6.07, 6.45) is 1.54. The summed E-state index contributed by atoms with van der Waals surface area (Å²) in [5.41, 5.74) is 0.678. The molecule has 0 unspecified atom stereocenters. The highest BCUT2D eigenvalue weighted by molar-refractivity contribution is 6.43. The van der Waals surface area contributed by atoms with E-state index in [4.69, 9.17) is 27.9 Å². The number of rotatable bonds is 3. The van der Waals surface area contributed by atoms with Gasteiger partial charge in [-0.1, -0.05) is 29.3 Å². The third kappa shape index (κ3) is 3.34. The van der Waals surface area contributed by atoms with Crippen molar-refractivity contribution in [2.75, 3.05) is 36.5 Å². The van der Waals surface area contributed by atoms with Crippen LogP contribution < -0.4 is 10.2 Å². The summed E-state index contributed by atoms with van der Waals surface area (Å²) in [7, 11) is 0. The Labute approximate surface area is 132 Å². The van der Waals surface area contributed by atoms with Crippen LogP contribution in [0.25, 0.3) is 0 Å². The van der Waals surface area contributed by atoms with E-state index in [-0.39, 0.29) is 0 Å². The molecule has 1 fully saturated rings. The number of morpholine rings is 1. The fourth-order valence-corrected chi connectivity index (χ4v) is 2.34. The number of anilines is 3. The fraction of sp³-hybridized carbons (Fsp3) is 0.308. The maximum atomic E-state index is 6.15. The molecule has 0 radical (unpaired) electrons. The van der Waals surface area contributed by atoms with Crippen molar-refractivity contribution in [3.05, 3.63) is 34.4 Å². The summed E-state index contributed by atoms with van der Waals surface area (Å²) >= 11 is 12.1. The maximum Gasteiger partial charge on any atom is 0.247 e. The van der Waals surface area contributed by atoms with Gasteiger partial charge in [-0.3, -0.25) is 0 Å². The van der Waals surface area contributed by atoms with Gasteiger partial charge < -0.3 is 15.0 Å². The Balaban J connectivity index is 1.81. The zero-order valence-corrected chi connectivity index (χ0v) is 12.6. The predicted octanol–water partition coefficient (Wildman–Crippen LogP) is 2.76. The van der Waals surface area contributed by atoms with E-state index in [0.717, 1.165) is 13.1 Å². The molecule has 1 aromatic heterocycles. The fourth-order valence-electron chi connectivity index (χ4n) is 1.99. The minimum atomic E-state index is 0.450. The van der Waals surface area contributed by atoms with Gasteiger partial charge in [0.1, 0.15) is 0 Å². The molecule has 21 heavy (non-hydrogen) atoms. The topological polar surface area (TPSA) is 63.2 Å². The van der Waals surface area contributed by atoms with Gasteiger partial charge in [-0.05, 0) is 12.1 Å². The zero-order chi connectivity index (χ0) is 14.7. The number of hydrogen-bond acceptors (Lipinski definition) is 6. The van der Waals surface area contributed by atoms with Crippen molar-refractivity contribution in [1.29, 1.82) is 0 Å². The average molecular weight is 326 g/mol. The summed E-state index contributed by atoms with van der Waals surface area (Å²) in [5.74, 6) is 1.14. The van der Waals surface area contributed by atoms with Crippen LogP contribution in [-0.2, 0) is 4.74 Å². The number of aromatic nitrogens is 3. The van der Waals surface area contributed by atoms with E-state index in [1.165, 1.54) is 0 Å². The van der Waals surface area contributed by atoms with Gasteiger partial charge in [-0.25, -0.2) is 0 Å². The molecular formula is C13H13Cl2N5O. The second-order valence-corrected chi connectivity index (χ2v) is 5.25. The summed E-state index contributed by atoms with van der Waals surface area (Å²) in [6, 6.07) is 5.37. The number of halogens is 2. The van der Waals surface area contributed by atoms with Crippen LogP contribution in [0.5, 0.6) is 0 Å². The SMILES string of the molecule is Clc1cccc(Nc2cnnc(N3CCOCC3)n2)c1Cl. The van der Waals surface area contributed by atoms with E-state index < -0.39 is 0 Å². The van der Waals surface area contributed by atoms with Gasteiger partial charge in [0.25, 0.3) is 0 Å². The van der Waals surface area contributed by atoms with Gasteiger partial charge in [0, 0.05) is 13.1 Å². The summed E-state index contributed by atoms with van der Waals surface area (Å²) in [6.45, 7) is 2.84. The van der Waals surface area contributed by atoms with Crippen LogP contribution in [-0.4, -0.2) is 41.5 Å². The highest BCUT2D eigenvalue weighted by Gasteiger charge is 2.15. The van der Waals surface area contributed by atoms with E-state index in [2.05, 4.69) is 20.5 Å². The number of benzene rings is 1. The molecule has 3 rings (SSSR count). The largest absolute Gasteiger partial charge is 0.378 e. The molecule has 8 heteroatoms. The molecule has 6 nitrogen and oxygen atoms in total. The molecule has 0 bridgehead atoms. The molecule has 1 aliphatic heterocycles. The van der Waals surface area contributed by atoms with E-state index in [1.54, 1.807) is 12.3 Å². The Morgan fingerprint density at radius 2 is 2.00 bits per heavy atom. The van der Waals surface area contributed by atoms with Crippen molar-refractivity contribution in [2.45, 2.75) is 0 Å². The molecule has 1 saturated heterocycles. The Kier molecular flexibility index (Phi) is 4.38. The Morgan fingerprint density at radius 3 is 2.81 bits per heavy atom. The molecule has 0 aliphatic carbocycles. The van der Waals surface area contributed by atoms with Gasteiger partial charge in [0.2, 0.25) is 5.95 Å². The van der Waals surface area contributed by atoms with Crippen LogP contribution in [0.3, 0.4) is 0 Å².